The lowest BCUT2D eigenvalue weighted by atomic mass is 10.1. The molecule has 0 fully saturated rings. The van der Waals surface area contributed by atoms with E-state index in [2.05, 4.69) is 10.3 Å². The van der Waals surface area contributed by atoms with Gasteiger partial charge in [-0.25, -0.2) is 0 Å². The van der Waals surface area contributed by atoms with Gasteiger partial charge in [0.1, 0.15) is 0 Å². The Hall–Kier alpha value is -1.26. The molecular formula is C12H17F3N2. The molecule has 0 aliphatic rings. The number of hydrogen-bond donors (Lipinski definition) is 1. The molecule has 96 valence electrons. The number of rotatable bonds is 5. The SMILES string of the molecule is Cc1ncccc1NC(C)CCCC(F)(F)F. The Balaban J connectivity index is 2.35. The first kappa shape index (κ1) is 13.8. The van der Waals surface area contributed by atoms with Gasteiger partial charge in [0.15, 0.2) is 0 Å². The molecule has 0 bridgehead atoms. The molecule has 0 aliphatic heterocycles. The smallest absolute Gasteiger partial charge is 0.381 e. The van der Waals surface area contributed by atoms with Crippen LogP contribution < -0.4 is 5.32 Å². The average Bonchev–Trinajstić information content (AvgIpc) is 2.19. The third-order valence-electron chi connectivity index (χ3n) is 2.51. The van der Waals surface area contributed by atoms with Crippen molar-refractivity contribution < 1.29 is 13.2 Å². The van der Waals surface area contributed by atoms with Gasteiger partial charge in [0.05, 0.1) is 11.4 Å². The Kier molecular flexibility index (Phi) is 4.78. The van der Waals surface area contributed by atoms with Crippen LogP contribution >= 0.6 is 0 Å². The van der Waals surface area contributed by atoms with Crippen molar-refractivity contribution >= 4 is 5.69 Å². The molecule has 0 aliphatic carbocycles. The van der Waals surface area contributed by atoms with Crippen LogP contribution in [0.2, 0.25) is 0 Å². The number of hydrogen-bond acceptors (Lipinski definition) is 2. The van der Waals surface area contributed by atoms with E-state index in [0.717, 1.165) is 11.4 Å². The summed E-state index contributed by atoms with van der Waals surface area (Å²) in [5.41, 5.74) is 1.74. The minimum Gasteiger partial charge on any atom is -0.381 e. The van der Waals surface area contributed by atoms with Gasteiger partial charge in [-0.15, -0.1) is 0 Å². The molecule has 1 rings (SSSR count). The van der Waals surface area contributed by atoms with Crippen LogP contribution in [0.1, 0.15) is 31.9 Å². The van der Waals surface area contributed by atoms with E-state index in [1.54, 1.807) is 12.3 Å². The maximum Gasteiger partial charge on any atom is 0.389 e. The van der Waals surface area contributed by atoms with Gasteiger partial charge in [0.2, 0.25) is 0 Å². The molecule has 1 atom stereocenters. The molecule has 1 heterocycles. The van der Waals surface area contributed by atoms with E-state index in [-0.39, 0.29) is 12.5 Å². The van der Waals surface area contributed by atoms with Gasteiger partial charge in [-0.2, -0.15) is 13.2 Å². The zero-order chi connectivity index (χ0) is 12.9. The maximum absolute atomic E-state index is 12.0. The van der Waals surface area contributed by atoms with Crippen molar-refractivity contribution in [3.63, 3.8) is 0 Å². The van der Waals surface area contributed by atoms with Crippen molar-refractivity contribution in [2.45, 2.75) is 45.3 Å². The number of aryl methyl sites for hydroxylation is 1. The number of halogens is 3. The Morgan fingerprint density at radius 1 is 1.41 bits per heavy atom. The van der Waals surface area contributed by atoms with Crippen molar-refractivity contribution in [2.24, 2.45) is 0 Å². The predicted molar refractivity (Wildman–Crippen MR) is 62.0 cm³/mol. The highest BCUT2D eigenvalue weighted by atomic mass is 19.4. The largest absolute Gasteiger partial charge is 0.389 e. The van der Waals surface area contributed by atoms with E-state index >= 15 is 0 Å². The van der Waals surface area contributed by atoms with Crippen LogP contribution in [0.15, 0.2) is 18.3 Å². The Bertz CT molecular complexity index is 350. The second-order valence-corrected chi connectivity index (χ2v) is 4.19. The normalized spacial score (nSPS) is 13.5. The Morgan fingerprint density at radius 3 is 2.71 bits per heavy atom. The second-order valence-electron chi connectivity index (χ2n) is 4.19. The lowest BCUT2D eigenvalue weighted by molar-refractivity contribution is -0.135. The fourth-order valence-electron chi connectivity index (χ4n) is 1.58. The topological polar surface area (TPSA) is 24.9 Å². The first-order chi connectivity index (χ1) is 7.88. The molecule has 1 aromatic rings. The van der Waals surface area contributed by atoms with Crippen LogP contribution in [0.4, 0.5) is 18.9 Å². The number of alkyl halides is 3. The maximum atomic E-state index is 12.0. The second kappa shape index (κ2) is 5.89. The number of aromatic nitrogens is 1. The summed E-state index contributed by atoms with van der Waals surface area (Å²) in [5, 5.41) is 3.17. The molecule has 2 nitrogen and oxygen atoms in total. The first-order valence-corrected chi connectivity index (χ1v) is 5.63. The number of anilines is 1. The van der Waals surface area contributed by atoms with Gasteiger partial charge in [-0.1, -0.05) is 0 Å². The lowest BCUT2D eigenvalue weighted by Gasteiger charge is -2.16. The summed E-state index contributed by atoms with van der Waals surface area (Å²) < 4.78 is 35.9. The number of pyridine rings is 1. The number of nitrogens with one attached hydrogen (secondary N) is 1. The molecule has 0 amide bonds. The van der Waals surface area contributed by atoms with Crippen molar-refractivity contribution in [3.05, 3.63) is 24.0 Å². The summed E-state index contributed by atoms with van der Waals surface area (Å²) >= 11 is 0. The quantitative estimate of drug-likeness (QED) is 0.851. The molecule has 5 heteroatoms. The van der Waals surface area contributed by atoms with Crippen LogP contribution in [0.3, 0.4) is 0 Å². The highest BCUT2D eigenvalue weighted by Crippen LogP contribution is 2.23. The van der Waals surface area contributed by atoms with E-state index in [1.165, 1.54) is 0 Å². The molecule has 1 aromatic heterocycles. The molecular weight excluding hydrogens is 229 g/mol. The molecule has 0 saturated heterocycles. The monoisotopic (exact) mass is 246 g/mol. The van der Waals surface area contributed by atoms with Crippen LogP contribution in [-0.2, 0) is 0 Å². The lowest BCUT2D eigenvalue weighted by Crippen LogP contribution is -2.17. The summed E-state index contributed by atoms with van der Waals surface area (Å²) in [4.78, 5) is 4.11. The van der Waals surface area contributed by atoms with Crippen LogP contribution in [0.5, 0.6) is 0 Å². The van der Waals surface area contributed by atoms with E-state index in [0.29, 0.717) is 6.42 Å². The minimum absolute atomic E-state index is 0.0141. The third-order valence-corrected chi connectivity index (χ3v) is 2.51. The zero-order valence-corrected chi connectivity index (χ0v) is 10.0. The highest BCUT2D eigenvalue weighted by Gasteiger charge is 2.26. The minimum atomic E-state index is -4.05. The third kappa shape index (κ3) is 5.56. The van der Waals surface area contributed by atoms with Gasteiger partial charge in [0, 0.05) is 18.7 Å². The van der Waals surface area contributed by atoms with Gasteiger partial charge >= 0.3 is 6.18 Å². The standard InChI is InChI=1S/C12H17F3N2/c1-9(5-3-7-12(13,14)15)17-11-6-4-8-16-10(11)2/h4,6,8-9,17H,3,5,7H2,1-2H3. The molecule has 0 radical (unpaired) electrons. The summed E-state index contributed by atoms with van der Waals surface area (Å²) in [6, 6.07) is 3.70. The van der Waals surface area contributed by atoms with E-state index in [1.807, 2.05) is 19.9 Å². The summed E-state index contributed by atoms with van der Waals surface area (Å²) in [6.45, 7) is 3.74. The van der Waals surface area contributed by atoms with E-state index in [9.17, 15) is 13.2 Å². The molecule has 1 unspecified atom stereocenters. The zero-order valence-electron chi connectivity index (χ0n) is 10.0. The fraction of sp³-hybridized carbons (Fsp3) is 0.583. The Labute approximate surface area is 99.3 Å². The van der Waals surface area contributed by atoms with Crippen LogP contribution in [-0.4, -0.2) is 17.2 Å². The summed E-state index contributed by atoms with van der Waals surface area (Å²) in [7, 11) is 0. The molecule has 0 saturated carbocycles. The summed E-state index contributed by atoms with van der Waals surface area (Å²) in [5.74, 6) is 0. The van der Waals surface area contributed by atoms with E-state index < -0.39 is 12.6 Å². The average molecular weight is 246 g/mol. The first-order valence-electron chi connectivity index (χ1n) is 5.63. The van der Waals surface area contributed by atoms with Gasteiger partial charge in [-0.3, -0.25) is 4.98 Å². The Morgan fingerprint density at radius 2 is 2.12 bits per heavy atom. The number of nitrogens with zero attached hydrogens (tertiary/aromatic N) is 1. The van der Waals surface area contributed by atoms with Crippen molar-refractivity contribution in [1.29, 1.82) is 0 Å². The van der Waals surface area contributed by atoms with Gasteiger partial charge in [-0.05, 0) is 38.8 Å². The molecule has 0 spiro atoms. The van der Waals surface area contributed by atoms with Crippen molar-refractivity contribution in [3.8, 4) is 0 Å². The van der Waals surface area contributed by atoms with Crippen molar-refractivity contribution in [1.82, 2.24) is 4.98 Å². The van der Waals surface area contributed by atoms with E-state index in [4.69, 9.17) is 0 Å². The summed E-state index contributed by atoms with van der Waals surface area (Å²) in [6.07, 6.45) is -2.44. The molecule has 17 heavy (non-hydrogen) atoms. The van der Waals surface area contributed by atoms with Crippen LogP contribution in [0, 0.1) is 6.92 Å². The van der Waals surface area contributed by atoms with Crippen molar-refractivity contribution in [2.75, 3.05) is 5.32 Å². The van der Waals surface area contributed by atoms with Gasteiger partial charge in [0.25, 0.3) is 0 Å². The fourth-order valence-corrected chi connectivity index (χ4v) is 1.58. The molecule has 0 aromatic carbocycles. The predicted octanol–water partition coefficient (Wildman–Crippen LogP) is 3.92. The van der Waals surface area contributed by atoms with Crippen LogP contribution in [0.25, 0.3) is 0 Å². The highest BCUT2D eigenvalue weighted by molar-refractivity contribution is 5.47. The van der Waals surface area contributed by atoms with Gasteiger partial charge < -0.3 is 5.32 Å². The molecule has 1 N–H and O–H groups in total.